The summed E-state index contributed by atoms with van der Waals surface area (Å²) >= 11 is 1.76. The lowest BCUT2D eigenvalue weighted by molar-refractivity contribution is 0.0726. The van der Waals surface area contributed by atoms with Crippen LogP contribution in [0.1, 0.15) is 46.6 Å². The van der Waals surface area contributed by atoms with Crippen molar-refractivity contribution in [3.05, 3.63) is 70.0 Å². The average molecular weight is 418 g/mol. The van der Waals surface area contributed by atoms with Gasteiger partial charge in [-0.1, -0.05) is 24.3 Å². The molecule has 1 saturated carbocycles. The van der Waals surface area contributed by atoms with E-state index in [-0.39, 0.29) is 5.91 Å². The minimum Gasteiger partial charge on any atom is -0.365 e. The highest BCUT2D eigenvalue weighted by Crippen LogP contribution is 2.42. The maximum Gasteiger partial charge on any atom is 0.253 e. The third-order valence-corrected chi connectivity index (χ3v) is 7.13. The summed E-state index contributed by atoms with van der Waals surface area (Å²) < 4.78 is 0. The van der Waals surface area contributed by atoms with Crippen LogP contribution in [0, 0.1) is 6.92 Å². The van der Waals surface area contributed by atoms with E-state index in [2.05, 4.69) is 48.4 Å². The minimum atomic E-state index is 0.120. The van der Waals surface area contributed by atoms with Crippen molar-refractivity contribution in [2.75, 3.05) is 24.5 Å². The molecule has 5 heteroatoms. The van der Waals surface area contributed by atoms with E-state index in [0.717, 1.165) is 36.5 Å². The monoisotopic (exact) mass is 417 g/mol. The van der Waals surface area contributed by atoms with Crippen molar-refractivity contribution >= 4 is 22.9 Å². The number of nitrogens with zero attached hydrogens (tertiary/aromatic N) is 3. The second kappa shape index (κ2) is 7.88. The molecule has 2 fully saturated rings. The molecule has 0 bridgehead atoms. The van der Waals surface area contributed by atoms with Gasteiger partial charge in [-0.25, -0.2) is 4.98 Å². The van der Waals surface area contributed by atoms with Crippen LogP contribution in [0.2, 0.25) is 0 Å². The van der Waals surface area contributed by atoms with E-state index in [1.54, 1.807) is 11.3 Å². The maximum atomic E-state index is 13.1. The fourth-order valence-electron chi connectivity index (χ4n) is 4.24. The number of aryl methyl sites for hydroxylation is 1. The number of piperazine rings is 1. The maximum absolute atomic E-state index is 13.1. The molecule has 3 aromatic rings. The SMILES string of the molecule is Cc1cccc(N2CCN(C(=O)c3ccc(-c4csc(C5CC5)n4)cc3)C[C@@H]2C)c1. The Balaban J connectivity index is 1.25. The number of carbonyl (C=O) groups is 1. The fraction of sp³-hybridized carbons (Fsp3) is 0.360. The molecule has 0 unspecified atom stereocenters. The van der Waals surface area contributed by atoms with Crippen LogP contribution in [0.3, 0.4) is 0 Å². The molecule has 1 saturated heterocycles. The summed E-state index contributed by atoms with van der Waals surface area (Å²) in [6.45, 7) is 6.67. The summed E-state index contributed by atoms with van der Waals surface area (Å²) in [6, 6.07) is 16.9. The summed E-state index contributed by atoms with van der Waals surface area (Å²) in [5, 5.41) is 3.39. The number of aromatic nitrogens is 1. The molecule has 0 N–H and O–H groups in total. The normalized spacial score (nSPS) is 19.2. The molecule has 2 heterocycles. The number of anilines is 1. The molecule has 154 valence electrons. The molecule has 2 aliphatic rings. The van der Waals surface area contributed by atoms with E-state index in [4.69, 9.17) is 4.98 Å². The Bertz CT molecular complexity index is 1050. The summed E-state index contributed by atoms with van der Waals surface area (Å²) in [7, 11) is 0. The summed E-state index contributed by atoms with van der Waals surface area (Å²) in [5.74, 6) is 0.805. The minimum absolute atomic E-state index is 0.120. The number of hydrogen-bond donors (Lipinski definition) is 0. The molecule has 0 spiro atoms. The molecular weight excluding hydrogens is 390 g/mol. The number of rotatable bonds is 4. The van der Waals surface area contributed by atoms with Gasteiger partial charge in [0.15, 0.2) is 0 Å². The number of thiazole rings is 1. The standard InChI is InChI=1S/C25H27N3OS/c1-17-4-3-5-22(14-17)28-13-12-27(15-18(28)2)25(29)21-10-6-19(7-11-21)23-16-30-24(26-23)20-8-9-20/h3-7,10-11,14,16,18,20H,8-9,12-13,15H2,1-2H3/t18-/m0/s1. The lowest BCUT2D eigenvalue weighted by atomic mass is 10.1. The highest BCUT2D eigenvalue weighted by atomic mass is 32.1. The second-order valence-corrected chi connectivity index (χ2v) is 9.44. The highest BCUT2D eigenvalue weighted by Gasteiger charge is 2.28. The molecule has 1 aliphatic heterocycles. The van der Waals surface area contributed by atoms with Crippen LogP contribution < -0.4 is 4.90 Å². The summed E-state index contributed by atoms with van der Waals surface area (Å²) in [5.41, 5.74) is 5.39. The van der Waals surface area contributed by atoms with E-state index in [1.165, 1.54) is 29.1 Å². The van der Waals surface area contributed by atoms with Crippen molar-refractivity contribution in [3.8, 4) is 11.3 Å². The predicted molar refractivity (Wildman–Crippen MR) is 123 cm³/mol. The van der Waals surface area contributed by atoms with Crippen LogP contribution in [0.25, 0.3) is 11.3 Å². The van der Waals surface area contributed by atoms with Gasteiger partial charge in [-0.05, 0) is 56.5 Å². The van der Waals surface area contributed by atoms with Gasteiger partial charge in [0, 0.05) is 53.8 Å². The first kappa shape index (κ1) is 19.3. The quantitative estimate of drug-likeness (QED) is 0.574. The van der Waals surface area contributed by atoms with Gasteiger partial charge < -0.3 is 9.80 Å². The van der Waals surface area contributed by atoms with Crippen LogP contribution in [0.15, 0.2) is 53.9 Å². The van der Waals surface area contributed by atoms with Gasteiger partial charge in [-0.2, -0.15) is 0 Å². The second-order valence-electron chi connectivity index (χ2n) is 8.56. The van der Waals surface area contributed by atoms with Gasteiger partial charge in [-0.3, -0.25) is 4.79 Å². The van der Waals surface area contributed by atoms with Crippen molar-refractivity contribution in [1.29, 1.82) is 0 Å². The lowest BCUT2D eigenvalue weighted by Gasteiger charge is -2.41. The zero-order valence-electron chi connectivity index (χ0n) is 17.5. The van der Waals surface area contributed by atoms with Crippen LogP contribution in [0.5, 0.6) is 0 Å². The van der Waals surface area contributed by atoms with Crippen LogP contribution >= 0.6 is 11.3 Å². The Morgan fingerprint density at radius 3 is 2.60 bits per heavy atom. The molecule has 30 heavy (non-hydrogen) atoms. The molecular formula is C25H27N3OS. The first-order chi connectivity index (χ1) is 14.6. The molecule has 1 aliphatic carbocycles. The first-order valence-corrected chi connectivity index (χ1v) is 11.6. The molecule has 1 amide bonds. The van der Waals surface area contributed by atoms with E-state index >= 15 is 0 Å². The molecule has 1 aromatic heterocycles. The zero-order chi connectivity index (χ0) is 20.7. The van der Waals surface area contributed by atoms with Crippen molar-refractivity contribution in [1.82, 2.24) is 9.88 Å². The number of hydrogen-bond acceptors (Lipinski definition) is 4. The van der Waals surface area contributed by atoms with E-state index in [1.807, 2.05) is 29.2 Å². The molecule has 5 rings (SSSR count). The largest absolute Gasteiger partial charge is 0.365 e. The molecule has 2 aromatic carbocycles. The van der Waals surface area contributed by atoms with E-state index in [9.17, 15) is 4.79 Å². The Kier molecular flexibility index (Phi) is 5.07. The Morgan fingerprint density at radius 2 is 1.90 bits per heavy atom. The number of amides is 1. The Morgan fingerprint density at radius 1 is 1.10 bits per heavy atom. The Hall–Kier alpha value is -2.66. The molecule has 1 atom stereocenters. The van der Waals surface area contributed by atoms with E-state index < -0.39 is 0 Å². The average Bonchev–Trinajstić information content (AvgIpc) is 3.50. The van der Waals surface area contributed by atoms with E-state index in [0.29, 0.717) is 12.0 Å². The smallest absolute Gasteiger partial charge is 0.253 e. The molecule has 0 radical (unpaired) electrons. The summed E-state index contributed by atoms with van der Waals surface area (Å²) in [6.07, 6.45) is 2.55. The van der Waals surface area contributed by atoms with Gasteiger partial charge >= 0.3 is 0 Å². The van der Waals surface area contributed by atoms with Gasteiger partial charge in [0.05, 0.1) is 10.7 Å². The first-order valence-electron chi connectivity index (χ1n) is 10.8. The number of carbonyl (C=O) groups excluding carboxylic acids is 1. The Labute approximate surface area is 182 Å². The highest BCUT2D eigenvalue weighted by molar-refractivity contribution is 7.10. The zero-order valence-corrected chi connectivity index (χ0v) is 18.4. The lowest BCUT2D eigenvalue weighted by Crippen LogP contribution is -2.53. The van der Waals surface area contributed by atoms with Crippen molar-refractivity contribution in [3.63, 3.8) is 0 Å². The van der Waals surface area contributed by atoms with Crippen LogP contribution in [-0.4, -0.2) is 41.5 Å². The summed E-state index contributed by atoms with van der Waals surface area (Å²) in [4.78, 5) is 22.3. The number of benzene rings is 2. The fourth-order valence-corrected chi connectivity index (χ4v) is 5.24. The van der Waals surface area contributed by atoms with Crippen LogP contribution in [-0.2, 0) is 0 Å². The predicted octanol–water partition coefficient (Wildman–Crippen LogP) is 5.35. The van der Waals surface area contributed by atoms with Gasteiger partial charge in [0.2, 0.25) is 0 Å². The van der Waals surface area contributed by atoms with Crippen LogP contribution in [0.4, 0.5) is 5.69 Å². The third-order valence-electron chi connectivity index (χ3n) is 6.12. The van der Waals surface area contributed by atoms with Gasteiger partial charge in [0.25, 0.3) is 5.91 Å². The van der Waals surface area contributed by atoms with Gasteiger partial charge in [0.1, 0.15) is 0 Å². The third kappa shape index (κ3) is 3.86. The van der Waals surface area contributed by atoms with Crippen molar-refractivity contribution in [2.24, 2.45) is 0 Å². The molecule has 4 nitrogen and oxygen atoms in total. The van der Waals surface area contributed by atoms with Crippen molar-refractivity contribution < 1.29 is 4.79 Å². The van der Waals surface area contributed by atoms with Gasteiger partial charge in [-0.15, -0.1) is 11.3 Å². The topological polar surface area (TPSA) is 36.4 Å². The van der Waals surface area contributed by atoms with Crippen molar-refractivity contribution in [2.45, 2.75) is 38.6 Å².